The highest BCUT2D eigenvalue weighted by Gasteiger charge is 2.24. The highest BCUT2D eigenvalue weighted by molar-refractivity contribution is 7.80. The number of carbonyl (C=O) groups is 1. The molecule has 1 unspecified atom stereocenters. The van der Waals surface area contributed by atoms with Crippen LogP contribution in [0.15, 0.2) is 60.7 Å². The summed E-state index contributed by atoms with van der Waals surface area (Å²) in [6.45, 7) is 4.51. The molecule has 0 N–H and O–H groups in total. The zero-order chi connectivity index (χ0) is 19.5. The van der Waals surface area contributed by atoms with E-state index in [0.29, 0.717) is 18.9 Å². The predicted octanol–water partition coefficient (Wildman–Crippen LogP) is 5.20. The normalized spacial score (nSPS) is 11.3. The fourth-order valence-electron chi connectivity index (χ4n) is 2.22. The molecule has 0 heterocycles. The van der Waals surface area contributed by atoms with Crippen molar-refractivity contribution in [1.82, 2.24) is 0 Å². The second-order valence-electron chi connectivity index (χ2n) is 5.96. The third-order valence-corrected chi connectivity index (χ3v) is 3.91. The van der Waals surface area contributed by atoms with E-state index in [2.05, 4.69) is 0 Å². The second-order valence-corrected chi connectivity index (χ2v) is 6.31. The van der Waals surface area contributed by atoms with Crippen LogP contribution in [-0.2, 0) is 9.47 Å². The molecule has 0 saturated carbocycles. The first kappa shape index (κ1) is 20.7. The Bertz CT molecular complexity index is 709. The topological polar surface area (TPSA) is 48.0 Å². The van der Waals surface area contributed by atoms with Crippen LogP contribution >= 0.6 is 12.2 Å². The minimum atomic E-state index is -0.546. The van der Waals surface area contributed by atoms with Crippen LogP contribution in [-0.4, -0.2) is 30.6 Å². The van der Waals surface area contributed by atoms with E-state index in [1.54, 1.807) is 12.1 Å². The molecule has 0 bridgehead atoms. The summed E-state index contributed by atoms with van der Waals surface area (Å²) in [5.74, 6) is 0.748. The van der Waals surface area contributed by atoms with Crippen LogP contribution < -0.4 is 9.64 Å². The molecule has 0 saturated heterocycles. The Morgan fingerprint density at radius 3 is 2.33 bits per heavy atom. The van der Waals surface area contributed by atoms with Crippen molar-refractivity contribution in [3.8, 4) is 5.75 Å². The number of hydrogen-bond donors (Lipinski definition) is 0. The van der Waals surface area contributed by atoms with Gasteiger partial charge in [0.25, 0.3) is 5.17 Å². The lowest BCUT2D eigenvalue weighted by atomic mass is 10.3. The molecule has 144 valence electrons. The molecule has 2 rings (SSSR count). The lowest BCUT2D eigenvalue weighted by Crippen LogP contribution is -2.40. The van der Waals surface area contributed by atoms with Gasteiger partial charge in [0, 0.05) is 0 Å². The first-order valence-electron chi connectivity index (χ1n) is 9.02. The third-order valence-electron chi connectivity index (χ3n) is 3.63. The zero-order valence-corrected chi connectivity index (χ0v) is 16.5. The average molecular weight is 388 g/mol. The van der Waals surface area contributed by atoms with Crippen LogP contribution in [0.3, 0.4) is 0 Å². The Morgan fingerprint density at radius 1 is 1.07 bits per heavy atom. The van der Waals surface area contributed by atoms with Gasteiger partial charge in [0.15, 0.2) is 0 Å². The standard InChI is InChI=1S/C21H25NO4S/c1-3-4-15-24-20(23)22(18-11-7-5-8-12-18)21(27)26-17(2)16-25-19-13-9-6-10-14-19/h5-14,17H,3-4,15-16H2,1-2H3. The molecule has 27 heavy (non-hydrogen) atoms. The summed E-state index contributed by atoms with van der Waals surface area (Å²) in [4.78, 5) is 13.8. The largest absolute Gasteiger partial charge is 0.490 e. The molecule has 5 nitrogen and oxygen atoms in total. The second kappa shape index (κ2) is 11.2. The summed E-state index contributed by atoms with van der Waals surface area (Å²) < 4.78 is 16.7. The molecule has 2 aromatic carbocycles. The number of amides is 1. The number of benzene rings is 2. The number of anilines is 1. The Balaban J connectivity index is 1.99. The first-order chi connectivity index (χ1) is 13.1. The van der Waals surface area contributed by atoms with E-state index in [1.807, 2.05) is 62.4 Å². The highest BCUT2D eigenvalue weighted by atomic mass is 32.1. The van der Waals surface area contributed by atoms with E-state index in [-0.39, 0.29) is 11.3 Å². The van der Waals surface area contributed by atoms with E-state index in [4.69, 9.17) is 26.4 Å². The van der Waals surface area contributed by atoms with Gasteiger partial charge >= 0.3 is 6.09 Å². The van der Waals surface area contributed by atoms with E-state index >= 15 is 0 Å². The lowest BCUT2D eigenvalue weighted by molar-refractivity contribution is 0.128. The van der Waals surface area contributed by atoms with Crippen molar-refractivity contribution < 1.29 is 19.0 Å². The number of ether oxygens (including phenoxy) is 3. The van der Waals surface area contributed by atoms with Crippen molar-refractivity contribution in [2.24, 2.45) is 0 Å². The van der Waals surface area contributed by atoms with Gasteiger partial charge in [-0.05, 0) is 49.8 Å². The minimum absolute atomic E-state index is 0.0341. The van der Waals surface area contributed by atoms with E-state index in [1.165, 1.54) is 4.90 Å². The Kier molecular flexibility index (Phi) is 8.58. The summed E-state index contributed by atoms with van der Waals surface area (Å²) in [6.07, 6.45) is 0.847. The maximum absolute atomic E-state index is 12.5. The Hall–Kier alpha value is -2.60. The fraction of sp³-hybridized carbons (Fsp3) is 0.333. The molecule has 0 aliphatic rings. The molecule has 0 radical (unpaired) electrons. The molecular formula is C21H25NO4S. The van der Waals surface area contributed by atoms with Gasteiger partial charge in [0.1, 0.15) is 18.5 Å². The van der Waals surface area contributed by atoms with E-state index < -0.39 is 6.09 Å². The van der Waals surface area contributed by atoms with Gasteiger partial charge in [-0.1, -0.05) is 49.7 Å². The molecule has 0 aliphatic carbocycles. The van der Waals surface area contributed by atoms with Crippen molar-refractivity contribution >= 4 is 29.2 Å². The first-order valence-corrected chi connectivity index (χ1v) is 9.43. The SMILES string of the molecule is CCCCOC(=O)N(C(=S)OC(C)COc1ccccc1)c1ccccc1. The quantitative estimate of drug-likeness (QED) is 0.460. The fourth-order valence-corrected chi connectivity index (χ4v) is 2.56. The number of para-hydroxylation sites is 2. The smallest absolute Gasteiger partial charge is 0.422 e. The number of unbranched alkanes of at least 4 members (excludes halogenated alkanes) is 1. The number of nitrogens with zero attached hydrogens (tertiary/aromatic N) is 1. The van der Waals surface area contributed by atoms with Crippen LogP contribution in [0.5, 0.6) is 5.75 Å². The summed E-state index contributed by atoms with van der Waals surface area (Å²) in [7, 11) is 0. The molecule has 0 aromatic heterocycles. The highest BCUT2D eigenvalue weighted by Crippen LogP contribution is 2.18. The maximum Gasteiger partial charge on any atom is 0.422 e. The van der Waals surface area contributed by atoms with Gasteiger partial charge in [-0.2, -0.15) is 0 Å². The molecule has 2 aromatic rings. The molecule has 6 heteroatoms. The van der Waals surface area contributed by atoms with Crippen LogP contribution in [0.1, 0.15) is 26.7 Å². The number of rotatable bonds is 8. The summed E-state index contributed by atoms with van der Waals surface area (Å²) in [5.41, 5.74) is 0.597. The molecule has 0 aliphatic heterocycles. The monoisotopic (exact) mass is 387 g/mol. The number of thiocarbonyl (C=S) groups is 1. The molecule has 0 fully saturated rings. The minimum Gasteiger partial charge on any atom is -0.490 e. The van der Waals surface area contributed by atoms with Crippen LogP contribution in [0.4, 0.5) is 10.5 Å². The van der Waals surface area contributed by atoms with Crippen molar-refractivity contribution in [2.75, 3.05) is 18.1 Å². The molecule has 1 atom stereocenters. The third kappa shape index (κ3) is 6.90. The van der Waals surface area contributed by atoms with Gasteiger partial charge in [0.05, 0.1) is 12.3 Å². The number of carbonyl (C=O) groups excluding carboxylic acids is 1. The molecular weight excluding hydrogens is 362 g/mol. The van der Waals surface area contributed by atoms with Gasteiger partial charge in [-0.15, -0.1) is 0 Å². The van der Waals surface area contributed by atoms with E-state index in [9.17, 15) is 4.79 Å². The van der Waals surface area contributed by atoms with Crippen molar-refractivity contribution in [1.29, 1.82) is 0 Å². The summed E-state index contributed by atoms with van der Waals surface area (Å²) in [5, 5.41) is 0.0341. The van der Waals surface area contributed by atoms with Crippen molar-refractivity contribution in [3.63, 3.8) is 0 Å². The molecule has 1 amide bonds. The van der Waals surface area contributed by atoms with Crippen molar-refractivity contribution in [2.45, 2.75) is 32.8 Å². The van der Waals surface area contributed by atoms with Gasteiger partial charge < -0.3 is 14.2 Å². The van der Waals surface area contributed by atoms with Crippen molar-refractivity contribution in [3.05, 3.63) is 60.7 Å². The van der Waals surface area contributed by atoms with Crippen LogP contribution in [0, 0.1) is 0 Å². The Morgan fingerprint density at radius 2 is 1.70 bits per heavy atom. The maximum atomic E-state index is 12.5. The Labute approximate surface area is 165 Å². The van der Waals surface area contributed by atoms with Crippen LogP contribution in [0.25, 0.3) is 0 Å². The molecule has 0 spiro atoms. The number of hydrogen-bond acceptors (Lipinski definition) is 5. The lowest BCUT2D eigenvalue weighted by Gasteiger charge is -2.25. The van der Waals surface area contributed by atoms with Crippen LogP contribution in [0.2, 0.25) is 0 Å². The van der Waals surface area contributed by atoms with Gasteiger partial charge in [-0.3, -0.25) is 0 Å². The van der Waals surface area contributed by atoms with Gasteiger partial charge in [0.2, 0.25) is 0 Å². The van der Waals surface area contributed by atoms with Gasteiger partial charge in [-0.25, -0.2) is 9.69 Å². The summed E-state index contributed by atoms with van der Waals surface area (Å²) in [6, 6.07) is 18.5. The average Bonchev–Trinajstić information content (AvgIpc) is 2.68. The predicted molar refractivity (Wildman–Crippen MR) is 110 cm³/mol. The zero-order valence-electron chi connectivity index (χ0n) is 15.7. The summed E-state index contributed by atoms with van der Waals surface area (Å²) >= 11 is 5.37. The van der Waals surface area contributed by atoms with E-state index in [0.717, 1.165) is 18.6 Å².